The Hall–Kier alpha value is -1.70. The molecule has 0 N–H and O–H groups in total. The van der Waals surface area contributed by atoms with Gasteiger partial charge in [0.15, 0.2) is 5.75 Å². The van der Waals surface area contributed by atoms with E-state index >= 15 is 0 Å². The highest BCUT2D eigenvalue weighted by atomic mass is 32.3. The van der Waals surface area contributed by atoms with Crippen LogP contribution in [0.2, 0.25) is 0 Å². The van der Waals surface area contributed by atoms with Crippen LogP contribution >= 0.6 is 0 Å². The number of aromatic nitrogens is 1. The molecule has 1 amide bonds. The fraction of sp³-hybridized carbons (Fsp3) is 0.571. The molecule has 2 atom stereocenters. The number of nitrogens with zero attached hydrogens (tertiary/aromatic N) is 2. The molecule has 22 heavy (non-hydrogen) atoms. The molecule has 1 aliphatic heterocycles. The average molecular weight is 330 g/mol. The van der Waals surface area contributed by atoms with Gasteiger partial charge in [-0.25, -0.2) is 0 Å². The number of amides is 1. The maximum absolute atomic E-state index is 12.6. The van der Waals surface area contributed by atoms with Crippen LogP contribution in [0.15, 0.2) is 18.5 Å². The minimum Gasteiger partial charge on any atom is -0.357 e. The van der Waals surface area contributed by atoms with Crippen molar-refractivity contribution in [3.05, 3.63) is 24.0 Å². The first-order chi connectivity index (χ1) is 10.3. The van der Waals surface area contributed by atoms with Crippen molar-refractivity contribution in [1.82, 2.24) is 9.88 Å². The van der Waals surface area contributed by atoms with Gasteiger partial charge in [-0.3, -0.25) is 9.78 Å². The molecule has 0 aromatic carbocycles. The molecular formula is C14H19FN2O4S. The molecule has 2 heterocycles. The Kier molecular flexibility index (Phi) is 5.00. The van der Waals surface area contributed by atoms with Crippen LogP contribution in [0.1, 0.15) is 43.5 Å². The SMILES string of the molecule is CC[C@@H]1CC[C@@H](C)N(C(=O)c2cncc(OS(=O)(=O)F)c2)C1. The number of rotatable bonds is 4. The highest BCUT2D eigenvalue weighted by Crippen LogP contribution is 2.26. The molecule has 122 valence electrons. The summed E-state index contributed by atoms with van der Waals surface area (Å²) in [6, 6.07) is 1.29. The lowest BCUT2D eigenvalue weighted by Crippen LogP contribution is -2.45. The highest BCUT2D eigenvalue weighted by Gasteiger charge is 2.29. The largest absolute Gasteiger partial charge is 0.488 e. The van der Waals surface area contributed by atoms with Gasteiger partial charge in [0.1, 0.15) is 0 Å². The van der Waals surface area contributed by atoms with Crippen molar-refractivity contribution in [1.29, 1.82) is 0 Å². The number of carbonyl (C=O) groups is 1. The van der Waals surface area contributed by atoms with Crippen molar-refractivity contribution in [2.45, 2.75) is 39.2 Å². The molecule has 0 aliphatic carbocycles. The van der Waals surface area contributed by atoms with Gasteiger partial charge in [-0.05, 0) is 31.7 Å². The third-order valence-corrected chi connectivity index (χ3v) is 4.37. The van der Waals surface area contributed by atoms with E-state index in [-0.39, 0.29) is 23.3 Å². The number of carbonyl (C=O) groups excluding carboxylic acids is 1. The van der Waals surface area contributed by atoms with Gasteiger partial charge in [0, 0.05) is 18.8 Å². The lowest BCUT2D eigenvalue weighted by Gasteiger charge is -2.37. The minimum absolute atomic E-state index is 0.102. The summed E-state index contributed by atoms with van der Waals surface area (Å²) in [4.78, 5) is 18.1. The second kappa shape index (κ2) is 6.60. The lowest BCUT2D eigenvalue weighted by atomic mass is 9.91. The Bertz CT molecular complexity index is 650. The summed E-state index contributed by atoms with van der Waals surface area (Å²) in [6.07, 6.45) is 5.37. The van der Waals surface area contributed by atoms with Crippen LogP contribution in [0.5, 0.6) is 5.75 Å². The van der Waals surface area contributed by atoms with Crippen molar-refractivity contribution in [2.24, 2.45) is 5.92 Å². The predicted octanol–water partition coefficient (Wildman–Crippen LogP) is 2.33. The molecule has 0 spiro atoms. The minimum atomic E-state index is -5.13. The number of hydrogen-bond donors (Lipinski definition) is 0. The molecule has 1 aliphatic rings. The van der Waals surface area contributed by atoms with Crippen molar-refractivity contribution in [2.75, 3.05) is 6.54 Å². The molecule has 0 unspecified atom stereocenters. The molecule has 8 heteroatoms. The molecule has 6 nitrogen and oxygen atoms in total. The Balaban J connectivity index is 2.19. The first-order valence-corrected chi connectivity index (χ1v) is 8.51. The molecule has 1 aromatic heterocycles. The maximum Gasteiger partial charge on any atom is 0.488 e. The number of halogens is 1. The summed E-state index contributed by atoms with van der Waals surface area (Å²) in [6.45, 7) is 4.72. The summed E-state index contributed by atoms with van der Waals surface area (Å²) in [5.74, 6) is -0.108. The number of likely N-dealkylation sites (tertiary alicyclic amines) is 1. The van der Waals surface area contributed by atoms with E-state index in [0.29, 0.717) is 12.5 Å². The first kappa shape index (κ1) is 16.7. The van der Waals surface area contributed by atoms with Gasteiger partial charge in [-0.15, -0.1) is 0 Å². The molecule has 0 radical (unpaired) electrons. The lowest BCUT2D eigenvalue weighted by molar-refractivity contribution is 0.0556. The van der Waals surface area contributed by atoms with E-state index in [1.54, 1.807) is 4.90 Å². The summed E-state index contributed by atoms with van der Waals surface area (Å²) >= 11 is 0. The second-order valence-corrected chi connectivity index (χ2v) is 6.50. The third kappa shape index (κ3) is 4.16. The number of piperidine rings is 1. The van der Waals surface area contributed by atoms with Gasteiger partial charge in [0.05, 0.1) is 11.8 Å². The Labute approximate surface area is 129 Å². The van der Waals surface area contributed by atoms with E-state index in [4.69, 9.17) is 0 Å². The fourth-order valence-electron chi connectivity index (χ4n) is 2.66. The molecule has 0 bridgehead atoms. The van der Waals surface area contributed by atoms with E-state index in [1.807, 2.05) is 6.92 Å². The van der Waals surface area contributed by atoms with Crippen LogP contribution in [0.25, 0.3) is 0 Å². The van der Waals surface area contributed by atoms with E-state index < -0.39 is 10.5 Å². The zero-order chi connectivity index (χ0) is 16.3. The fourth-order valence-corrected chi connectivity index (χ4v) is 2.98. The van der Waals surface area contributed by atoms with Crippen LogP contribution in [0.4, 0.5) is 3.89 Å². The molecule has 1 fully saturated rings. The zero-order valence-electron chi connectivity index (χ0n) is 12.5. The Morgan fingerprint density at radius 1 is 1.45 bits per heavy atom. The van der Waals surface area contributed by atoms with Crippen LogP contribution in [-0.2, 0) is 10.5 Å². The second-order valence-electron chi connectivity index (χ2n) is 5.54. The van der Waals surface area contributed by atoms with Gasteiger partial charge < -0.3 is 9.08 Å². The van der Waals surface area contributed by atoms with Crippen LogP contribution in [-0.4, -0.2) is 36.8 Å². The summed E-state index contributed by atoms with van der Waals surface area (Å²) in [5, 5.41) is 0. The van der Waals surface area contributed by atoms with Gasteiger partial charge in [0.25, 0.3) is 5.91 Å². The number of hydrogen-bond acceptors (Lipinski definition) is 5. The third-order valence-electron chi connectivity index (χ3n) is 3.97. The van der Waals surface area contributed by atoms with Gasteiger partial charge in [-0.1, -0.05) is 17.2 Å². The highest BCUT2D eigenvalue weighted by molar-refractivity contribution is 7.81. The Morgan fingerprint density at radius 2 is 2.18 bits per heavy atom. The standard InChI is InChI=1S/C14H19FN2O4S/c1-3-11-5-4-10(2)17(9-11)14(18)12-6-13(8-16-7-12)21-22(15,19)20/h6-8,10-11H,3-5,9H2,1-2H3/t10-,11-/m1/s1. The van der Waals surface area contributed by atoms with Crippen molar-refractivity contribution in [3.8, 4) is 5.75 Å². The average Bonchev–Trinajstić information content (AvgIpc) is 2.45. The normalized spacial score (nSPS) is 22.4. The molecule has 2 rings (SSSR count). The van der Waals surface area contributed by atoms with E-state index in [1.165, 1.54) is 12.3 Å². The molecule has 0 saturated carbocycles. The molecule has 1 aromatic rings. The Morgan fingerprint density at radius 3 is 2.82 bits per heavy atom. The summed E-state index contributed by atoms with van der Waals surface area (Å²) < 4.78 is 37.7. The van der Waals surface area contributed by atoms with Gasteiger partial charge >= 0.3 is 10.5 Å². The maximum atomic E-state index is 12.6. The van der Waals surface area contributed by atoms with Gasteiger partial charge in [-0.2, -0.15) is 8.42 Å². The van der Waals surface area contributed by atoms with E-state index in [2.05, 4.69) is 16.1 Å². The topological polar surface area (TPSA) is 76.6 Å². The van der Waals surface area contributed by atoms with Crippen molar-refractivity contribution < 1.29 is 21.3 Å². The summed E-state index contributed by atoms with van der Waals surface area (Å²) in [7, 11) is -5.13. The molecule has 1 saturated heterocycles. The van der Waals surface area contributed by atoms with E-state index in [0.717, 1.165) is 25.5 Å². The van der Waals surface area contributed by atoms with E-state index in [9.17, 15) is 17.1 Å². The van der Waals surface area contributed by atoms with Crippen molar-refractivity contribution in [3.63, 3.8) is 0 Å². The number of pyridine rings is 1. The smallest absolute Gasteiger partial charge is 0.357 e. The predicted molar refractivity (Wildman–Crippen MR) is 78.4 cm³/mol. The van der Waals surface area contributed by atoms with Gasteiger partial charge in [0.2, 0.25) is 0 Å². The van der Waals surface area contributed by atoms with Crippen LogP contribution < -0.4 is 4.18 Å². The quantitative estimate of drug-likeness (QED) is 0.792. The van der Waals surface area contributed by atoms with Crippen LogP contribution in [0, 0.1) is 5.92 Å². The zero-order valence-corrected chi connectivity index (χ0v) is 13.3. The monoisotopic (exact) mass is 330 g/mol. The van der Waals surface area contributed by atoms with Crippen molar-refractivity contribution >= 4 is 16.4 Å². The van der Waals surface area contributed by atoms with Crippen LogP contribution in [0.3, 0.4) is 0 Å². The first-order valence-electron chi connectivity index (χ1n) is 7.20. The molecular weight excluding hydrogens is 311 g/mol. The summed E-state index contributed by atoms with van der Waals surface area (Å²) in [5.41, 5.74) is 0.185.